The minimum Gasteiger partial charge on any atom is -0.359 e. The number of carbonyl (C=O) groups excluding carboxylic acids is 3. The second-order valence-electron chi connectivity index (χ2n) is 6.34. The molecule has 0 saturated carbocycles. The van der Waals surface area contributed by atoms with Crippen LogP contribution in [0.5, 0.6) is 0 Å². The van der Waals surface area contributed by atoms with Crippen molar-refractivity contribution >= 4 is 17.7 Å². The number of amides is 3. The lowest BCUT2D eigenvalue weighted by molar-refractivity contribution is -0.131. The van der Waals surface area contributed by atoms with Crippen LogP contribution in [0.2, 0.25) is 0 Å². The summed E-state index contributed by atoms with van der Waals surface area (Å²) in [5, 5.41) is 2.74. The van der Waals surface area contributed by atoms with E-state index >= 15 is 0 Å². The monoisotopic (exact) mass is 357 g/mol. The van der Waals surface area contributed by atoms with Crippen molar-refractivity contribution in [3.05, 3.63) is 59.7 Å². The van der Waals surface area contributed by atoms with E-state index in [4.69, 9.17) is 0 Å². The SMILES string of the molecule is CCCCC1(c2ccc(F)cc2)NC(=O)N(CC(=O)c2ccc[nH]2)C1=O. The van der Waals surface area contributed by atoms with E-state index in [2.05, 4.69) is 10.3 Å². The summed E-state index contributed by atoms with van der Waals surface area (Å²) in [6.07, 6.45) is 3.51. The normalized spacial score (nSPS) is 19.7. The second-order valence-corrected chi connectivity index (χ2v) is 6.34. The van der Waals surface area contributed by atoms with Crippen LogP contribution in [-0.4, -0.2) is 34.2 Å². The van der Waals surface area contributed by atoms with Crippen LogP contribution >= 0.6 is 0 Å². The molecule has 1 aliphatic rings. The molecule has 7 heteroatoms. The second kappa shape index (κ2) is 7.11. The number of hydrogen-bond donors (Lipinski definition) is 2. The molecule has 3 rings (SSSR count). The van der Waals surface area contributed by atoms with Crippen LogP contribution in [0.25, 0.3) is 0 Å². The lowest BCUT2D eigenvalue weighted by Gasteiger charge is -2.27. The fraction of sp³-hybridized carbons (Fsp3) is 0.316. The van der Waals surface area contributed by atoms with Crippen LogP contribution in [0, 0.1) is 5.82 Å². The summed E-state index contributed by atoms with van der Waals surface area (Å²) in [6.45, 7) is 1.63. The Morgan fingerprint density at radius 1 is 1.19 bits per heavy atom. The van der Waals surface area contributed by atoms with Gasteiger partial charge in [-0.3, -0.25) is 14.5 Å². The van der Waals surface area contributed by atoms with E-state index in [1.165, 1.54) is 24.3 Å². The number of urea groups is 1. The first-order chi connectivity index (χ1) is 12.5. The number of hydrogen-bond acceptors (Lipinski definition) is 3. The lowest BCUT2D eigenvalue weighted by Crippen LogP contribution is -2.44. The number of Topliss-reactive ketones (excluding diaryl/α,β-unsaturated/α-hetero) is 1. The topological polar surface area (TPSA) is 82.3 Å². The van der Waals surface area contributed by atoms with Crippen LogP contribution in [-0.2, 0) is 10.3 Å². The highest BCUT2D eigenvalue weighted by molar-refractivity contribution is 6.11. The van der Waals surface area contributed by atoms with E-state index in [-0.39, 0.29) is 12.3 Å². The summed E-state index contributed by atoms with van der Waals surface area (Å²) < 4.78 is 13.3. The minimum atomic E-state index is -1.27. The molecule has 1 aromatic carbocycles. The minimum absolute atomic E-state index is 0.332. The summed E-state index contributed by atoms with van der Waals surface area (Å²) in [5.41, 5.74) is -0.421. The third-order valence-corrected chi connectivity index (χ3v) is 4.62. The van der Waals surface area contributed by atoms with Crippen molar-refractivity contribution in [2.75, 3.05) is 6.54 Å². The van der Waals surface area contributed by atoms with Crippen LogP contribution < -0.4 is 5.32 Å². The van der Waals surface area contributed by atoms with E-state index in [0.717, 1.165) is 11.3 Å². The smallest absolute Gasteiger partial charge is 0.325 e. The number of nitrogens with zero attached hydrogens (tertiary/aromatic N) is 1. The standard InChI is InChI=1S/C19H20FN3O3/c1-2-3-10-19(13-6-8-14(20)9-7-13)17(25)23(18(26)22-19)12-16(24)15-5-4-11-21-15/h4-9,11,21H,2-3,10,12H2,1H3,(H,22,26). The molecule has 0 spiro atoms. The Morgan fingerprint density at radius 2 is 1.92 bits per heavy atom. The van der Waals surface area contributed by atoms with E-state index in [0.29, 0.717) is 24.1 Å². The molecule has 3 amide bonds. The van der Waals surface area contributed by atoms with Crippen molar-refractivity contribution in [3.63, 3.8) is 0 Å². The fourth-order valence-corrected chi connectivity index (χ4v) is 3.19. The Balaban J connectivity index is 1.91. The summed E-state index contributed by atoms with van der Waals surface area (Å²) in [6, 6.07) is 8.16. The van der Waals surface area contributed by atoms with Gasteiger partial charge in [0.1, 0.15) is 11.4 Å². The average molecular weight is 357 g/mol. The largest absolute Gasteiger partial charge is 0.359 e. The van der Waals surface area contributed by atoms with Crippen molar-refractivity contribution in [1.82, 2.24) is 15.2 Å². The third kappa shape index (κ3) is 3.12. The number of imide groups is 1. The van der Waals surface area contributed by atoms with Gasteiger partial charge >= 0.3 is 6.03 Å². The zero-order valence-corrected chi connectivity index (χ0v) is 14.4. The number of H-pyrrole nitrogens is 1. The Labute approximate surface area is 150 Å². The molecule has 2 heterocycles. The molecule has 136 valence electrons. The van der Waals surface area contributed by atoms with Gasteiger partial charge in [0.25, 0.3) is 5.91 Å². The van der Waals surface area contributed by atoms with Gasteiger partial charge in [-0.2, -0.15) is 0 Å². The lowest BCUT2D eigenvalue weighted by atomic mass is 9.84. The molecule has 0 aliphatic carbocycles. The molecule has 6 nitrogen and oxygen atoms in total. The van der Waals surface area contributed by atoms with E-state index < -0.39 is 23.3 Å². The van der Waals surface area contributed by atoms with Crippen molar-refractivity contribution < 1.29 is 18.8 Å². The average Bonchev–Trinajstić information content (AvgIpc) is 3.24. The maximum atomic E-state index is 13.3. The van der Waals surface area contributed by atoms with Crippen molar-refractivity contribution in [2.24, 2.45) is 0 Å². The first-order valence-electron chi connectivity index (χ1n) is 8.54. The van der Waals surface area contributed by atoms with Crippen LogP contribution in [0.15, 0.2) is 42.6 Å². The van der Waals surface area contributed by atoms with Crippen molar-refractivity contribution in [2.45, 2.75) is 31.7 Å². The number of benzene rings is 1. The van der Waals surface area contributed by atoms with Gasteiger partial charge in [-0.05, 0) is 36.2 Å². The molecule has 1 unspecified atom stereocenters. The van der Waals surface area contributed by atoms with Crippen molar-refractivity contribution in [3.8, 4) is 0 Å². The van der Waals surface area contributed by atoms with E-state index in [9.17, 15) is 18.8 Å². The number of nitrogens with one attached hydrogen (secondary N) is 2. The number of rotatable bonds is 7. The highest BCUT2D eigenvalue weighted by atomic mass is 19.1. The molecular formula is C19H20FN3O3. The molecule has 0 radical (unpaired) electrons. The van der Waals surface area contributed by atoms with Crippen molar-refractivity contribution in [1.29, 1.82) is 0 Å². The van der Waals surface area contributed by atoms with Crippen LogP contribution in [0.1, 0.15) is 42.2 Å². The maximum Gasteiger partial charge on any atom is 0.325 e. The molecular weight excluding hydrogens is 337 g/mol. The Hall–Kier alpha value is -2.96. The number of aromatic nitrogens is 1. The quantitative estimate of drug-likeness (QED) is 0.590. The number of aromatic amines is 1. The highest BCUT2D eigenvalue weighted by Gasteiger charge is 2.52. The molecule has 1 aliphatic heterocycles. The molecule has 0 bridgehead atoms. The fourth-order valence-electron chi connectivity index (χ4n) is 3.19. The van der Waals surface area contributed by atoms with Gasteiger partial charge in [0, 0.05) is 6.20 Å². The predicted molar refractivity (Wildman–Crippen MR) is 93.0 cm³/mol. The first kappa shape index (κ1) is 17.8. The summed E-state index contributed by atoms with van der Waals surface area (Å²) in [4.78, 5) is 41.6. The summed E-state index contributed by atoms with van der Waals surface area (Å²) >= 11 is 0. The number of unbranched alkanes of at least 4 members (excludes halogenated alkanes) is 1. The zero-order valence-electron chi connectivity index (χ0n) is 14.4. The number of carbonyl (C=O) groups is 3. The number of halogens is 1. The molecule has 1 atom stereocenters. The van der Waals surface area contributed by atoms with E-state index in [1.54, 1.807) is 18.3 Å². The van der Waals surface area contributed by atoms with Crippen LogP contribution in [0.4, 0.5) is 9.18 Å². The first-order valence-corrected chi connectivity index (χ1v) is 8.54. The molecule has 2 N–H and O–H groups in total. The summed E-state index contributed by atoms with van der Waals surface area (Å²) in [7, 11) is 0. The maximum absolute atomic E-state index is 13.3. The van der Waals surface area contributed by atoms with Gasteiger partial charge in [-0.15, -0.1) is 0 Å². The molecule has 1 aromatic heterocycles. The Kier molecular flexibility index (Phi) is 4.88. The molecule has 1 fully saturated rings. The van der Waals surface area contributed by atoms with E-state index in [1.807, 2.05) is 6.92 Å². The Bertz CT molecular complexity index is 817. The molecule has 1 saturated heterocycles. The predicted octanol–water partition coefficient (Wildman–Crippen LogP) is 2.97. The zero-order chi connectivity index (χ0) is 18.7. The van der Waals surface area contributed by atoms with Gasteiger partial charge in [-0.1, -0.05) is 31.9 Å². The number of ketones is 1. The van der Waals surface area contributed by atoms with Gasteiger partial charge in [0.2, 0.25) is 0 Å². The highest BCUT2D eigenvalue weighted by Crippen LogP contribution is 2.34. The van der Waals surface area contributed by atoms with Gasteiger partial charge in [0.15, 0.2) is 5.78 Å². The van der Waals surface area contributed by atoms with Gasteiger partial charge in [0.05, 0.1) is 12.2 Å². The third-order valence-electron chi connectivity index (χ3n) is 4.62. The van der Waals surface area contributed by atoms with Crippen LogP contribution in [0.3, 0.4) is 0 Å². The molecule has 26 heavy (non-hydrogen) atoms. The Morgan fingerprint density at radius 3 is 2.54 bits per heavy atom. The summed E-state index contributed by atoms with van der Waals surface area (Å²) in [5.74, 6) is -1.26. The van der Waals surface area contributed by atoms with Gasteiger partial charge < -0.3 is 10.3 Å². The van der Waals surface area contributed by atoms with Gasteiger partial charge in [-0.25, -0.2) is 9.18 Å². The molecule has 2 aromatic rings.